The predicted octanol–water partition coefficient (Wildman–Crippen LogP) is -0.193. The Kier molecular flexibility index (Phi) is 5.89. The molecule has 2 heterocycles. The molecule has 1 unspecified atom stereocenters. The molecule has 21 heavy (non-hydrogen) atoms. The summed E-state index contributed by atoms with van der Waals surface area (Å²) in [4.78, 5) is 14.2. The minimum absolute atomic E-state index is 0.0955. The Morgan fingerprint density at radius 3 is 2.48 bits per heavy atom. The van der Waals surface area contributed by atoms with Crippen LogP contribution in [0.2, 0.25) is 0 Å². The highest BCUT2D eigenvalue weighted by Gasteiger charge is 2.43. The summed E-state index contributed by atoms with van der Waals surface area (Å²) in [6.45, 7) is 6.55. The second-order valence-electron chi connectivity index (χ2n) is 4.93. The third kappa shape index (κ3) is 3.53. The van der Waals surface area contributed by atoms with Crippen LogP contribution in [0.25, 0.3) is 0 Å². The summed E-state index contributed by atoms with van der Waals surface area (Å²) < 4.78 is 33.4. The highest BCUT2D eigenvalue weighted by Crippen LogP contribution is 2.27. The molecule has 122 valence electrons. The Labute approximate surface area is 130 Å². The number of thioether (sulfide) groups is 1. The Bertz CT molecular complexity index is 461. The number of nitrogens with zero attached hydrogens (tertiary/aromatic N) is 3. The average Bonchev–Trinajstić information content (AvgIpc) is 2.99. The van der Waals surface area contributed by atoms with Gasteiger partial charge in [-0.3, -0.25) is 4.79 Å². The number of hydrogen-bond acceptors (Lipinski definition) is 5. The molecule has 2 fully saturated rings. The van der Waals surface area contributed by atoms with E-state index in [1.807, 2.05) is 13.8 Å². The van der Waals surface area contributed by atoms with Crippen LogP contribution in [0.4, 0.5) is 0 Å². The highest BCUT2D eigenvalue weighted by atomic mass is 32.2. The molecular weight excluding hydrogens is 314 g/mol. The van der Waals surface area contributed by atoms with Crippen LogP contribution < -0.4 is 0 Å². The number of ether oxygens (including phenoxy) is 1. The molecular formula is C12H23N3O4S2. The molecule has 2 rings (SSSR count). The largest absolute Gasteiger partial charge is 0.379 e. The van der Waals surface area contributed by atoms with Crippen LogP contribution in [0.5, 0.6) is 0 Å². The average molecular weight is 337 g/mol. The fourth-order valence-electron chi connectivity index (χ4n) is 2.52. The lowest BCUT2D eigenvalue weighted by Crippen LogP contribution is -2.54. The van der Waals surface area contributed by atoms with E-state index in [1.54, 1.807) is 4.90 Å². The van der Waals surface area contributed by atoms with Crippen LogP contribution in [0.1, 0.15) is 13.8 Å². The van der Waals surface area contributed by atoms with Gasteiger partial charge in [0, 0.05) is 31.9 Å². The SMILES string of the molecule is CCN(CC)C(=O)C1CSCN1S(=O)(=O)N1CCOCC1. The van der Waals surface area contributed by atoms with Crippen molar-refractivity contribution in [1.82, 2.24) is 13.5 Å². The van der Waals surface area contributed by atoms with Gasteiger partial charge >= 0.3 is 0 Å². The first-order valence-electron chi connectivity index (χ1n) is 7.23. The van der Waals surface area contributed by atoms with Gasteiger partial charge in [-0.2, -0.15) is 17.0 Å². The maximum atomic E-state index is 12.7. The Hall–Kier alpha value is -0.350. The lowest BCUT2D eigenvalue weighted by atomic mass is 10.3. The van der Waals surface area contributed by atoms with E-state index in [0.717, 1.165) is 0 Å². The zero-order valence-corrected chi connectivity index (χ0v) is 14.2. The van der Waals surface area contributed by atoms with E-state index in [0.29, 0.717) is 51.0 Å². The normalized spacial score (nSPS) is 25.1. The minimum Gasteiger partial charge on any atom is -0.379 e. The molecule has 0 bridgehead atoms. The molecule has 0 aliphatic carbocycles. The van der Waals surface area contributed by atoms with Crippen molar-refractivity contribution in [2.45, 2.75) is 19.9 Å². The van der Waals surface area contributed by atoms with Crippen LogP contribution >= 0.6 is 11.8 Å². The van der Waals surface area contributed by atoms with E-state index in [1.165, 1.54) is 20.4 Å². The topological polar surface area (TPSA) is 70.2 Å². The van der Waals surface area contributed by atoms with Gasteiger partial charge in [0.15, 0.2) is 0 Å². The first kappa shape index (κ1) is 17.0. The Balaban J connectivity index is 2.15. The van der Waals surface area contributed by atoms with E-state index in [2.05, 4.69) is 0 Å². The molecule has 0 radical (unpaired) electrons. The fourth-order valence-corrected chi connectivity index (χ4v) is 5.78. The molecule has 0 N–H and O–H groups in total. The second-order valence-corrected chi connectivity index (χ2v) is 7.81. The maximum Gasteiger partial charge on any atom is 0.283 e. The third-order valence-electron chi connectivity index (χ3n) is 3.79. The summed E-state index contributed by atoms with van der Waals surface area (Å²) in [5.41, 5.74) is 0. The number of amides is 1. The fraction of sp³-hybridized carbons (Fsp3) is 0.917. The summed E-state index contributed by atoms with van der Waals surface area (Å²) in [5, 5.41) is 0. The zero-order chi connectivity index (χ0) is 15.5. The van der Waals surface area contributed by atoms with Gasteiger partial charge in [0.2, 0.25) is 5.91 Å². The van der Waals surface area contributed by atoms with Gasteiger partial charge in [0.25, 0.3) is 10.2 Å². The molecule has 2 saturated heterocycles. The number of carbonyl (C=O) groups excluding carboxylic acids is 1. The van der Waals surface area contributed by atoms with E-state index in [4.69, 9.17) is 4.74 Å². The van der Waals surface area contributed by atoms with Crippen LogP contribution in [0, 0.1) is 0 Å². The lowest BCUT2D eigenvalue weighted by molar-refractivity contribution is -0.133. The molecule has 7 nitrogen and oxygen atoms in total. The summed E-state index contributed by atoms with van der Waals surface area (Å²) in [6, 6.07) is -0.581. The highest BCUT2D eigenvalue weighted by molar-refractivity contribution is 8.00. The van der Waals surface area contributed by atoms with E-state index in [9.17, 15) is 13.2 Å². The van der Waals surface area contributed by atoms with Crippen LogP contribution in [0.3, 0.4) is 0 Å². The molecule has 1 amide bonds. The Morgan fingerprint density at radius 2 is 1.90 bits per heavy atom. The molecule has 2 aliphatic rings. The number of morpholine rings is 1. The van der Waals surface area contributed by atoms with Gasteiger partial charge in [-0.25, -0.2) is 0 Å². The molecule has 9 heteroatoms. The van der Waals surface area contributed by atoms with Crippen LogP contribution in [-0.4, -0.2) is 84.9 Å². The van der Waals surface area contributed by atoms with Gasteiger partial charge in [0.05, 0.1) is 19.1 Å². The summed E-state index contributed by atoms with van der Waals surface area (Å²) in [5.74, 6) is 0.776. The van der Waals surface area contributed by atoms with Crippen LogP contribution in [0.15, 0.2) is 0 Å². The second kappa shape index (κ2) is 7.28. The van der Waals surface area contributed by atoms with Gasteiger partial charge in [-0.1, -0.05) is 0 Å². The van der Waals surface area contributed by atoms with Crippen LogP contribution in [-0.2, 0) is 19.7 Å². The summed E-state index contributed by atoms with van der Waals surface area (Å²) in [6.07, 6.45) is 0. The molecule has 0 aromatic heterocycles. The monoisotopic (exact) mass is 337 g/mol. The zero-order valence-electron chi connectivity index (χ0n) is 12.5. The number of carbonyl (C=O) groups is 1. The lowest BCUT2D eigenvalue weighted by Gasteiger charge is -2.33. The summed E-state index contributed by atoms with van der Waals surface area (Å²) in [7, 11) is -3.59. The standard InChI is InChI=1S/C12H23N3O4S2/c1-3-13(4-2)12(16)11-9-20-10-15(11)21(17,18)14-5-7-19-8-6-14/h11H,3-10H2,1-2H3. The minimum atomic E-state index is -3.59. The maximum absolute atomic E-state index is 12.7. The molecule has 2 aliphatic heterocycles. The number of hydrogen-bond donors (Lipinski definition) is 0. The van der Waals surface area contributed by atoms with E-state index in [-0.39, 0.29) is 5.91 Å². The molecule has 0 saturated carbocycles. The number of rotatable bonds is 5. The van der Waals surface area contributed by atoms with Gasteiger partial charge in [-0.15, -0.1) is 11.8 Å². The first-order valence-corrected chi connectivity index (χ1v) is 9.78. The predicted molar refractivity (Wildman–Crippen MR) is 82.2 cm³/mol. The quantitative estimate of drug-likeness (QED) is 0.695. The molecule has 0 aromatic rings. The van der Waals surface area contributed by atoms with E-state index < -0.39 is 16.3 Å². The Morgan fingerprint density at radius 1 is 1.29 bits per heavy atom. The van der Waals surface area contributed by atoms with Gasteiger partial charge in [-0.05, 0) is 13.8 Å². The van der Waals surface area contributed by atoms with Crippen molar-refractivity contribution in [3.8, 4) is 0 Å². The van der Waals surface area contributed by atoms with Crippen molar-refractivity contribution in [3.63, 3.8) is 0 Å². The van der Waals surface area contributed by atoms with Crippen molar-refractivity contribution in [2.75, 3.05) is 51.0 Å². The van der Waals surface area contributed by atoms with Crippen molar-refractivity contribution >= 4 is 27.9 Å². The van der Waals surface area contributed by atoms with Crippen molar-refractivity contribution in [1.29, 1.82) is 0 Å². The van der Waals surface area contributed by atoms with Crippen molar-refractivity contribution in [3.05, 3.63) is 0 Å². The third-order valence-corrected chi connectivity index (χ3v) is 6.96. The summed E-state index contributed by atoms with van der Waals surface area (Å²) >= 11 is 1.49. The van der Waals surface area contributed by atoms with Crippen molar-refractivity contribution in [2.24, 2.45) is 0 Å². The van der Waals surface area contributed by atoms with Gasteiger partial charge in [0.1, 0.15) is 6.04 Å². The molecule has 1 atom stereocenters. The van der Waals surface area contributed by atoms with Crippen molar-refractivity contribution < 1.29 is 17.9 Å². The smallest absolute Gasteiger partial charge is 0.283 e. The molecule has 0 aromatic carbocycles. The van der Waals surface area contributed by atoms with E-state index >= 15 is 0 Å². The number of likely N-dealkylation sites (N-methyl/N-ethyl adjacent to an activating group) is 1. The molecule has 0 spiro atoms. The van der Waals surface area contributed by atoms with Gasteiger partial charge < -0.3 is 9.64 Å². The first-order chi connectivity index (χ1) is 10.0.